The monoisotopic (exact) mass is 202 g/mol. The van der Waals surface area contributed by atoms with E-state index in [1.807, 2.05) is 0 Å². The predicted octanol–water partition coefficient (Wildman–Crippen LogP) is 0.874. The molecule has 0 spiro atoms. The lowest BCUT2D eigenvalue weighted by Gasteiger charge is -2.09. The van der Waals surface area contributed by atoms with E-state index < -0.39 is 15.6 Å². The molecule has 72 valence electrons. The third-order valence-corrected chi connectivity index (χ3v) is 2.55. The highest BCUT2D eigenvalue weighted by molar-refractivity contribution is 7.85. The summed E-state index contributed by atoms with van der Waals surface area (Å²) in [4.78, 5) is 0. The average Bonchev–Trinajstić information content (AvgIpc) is 2.02. The summed E-state index contributed by atoms with van der Waals surface area (Å²) in [6.45, 7) is 1.66. The summed E-state index contributed by atoms with van der Waals surface area (Å²) < 4.78 is 29.8. The van der Waals surface area contributed by atoms with Gasteiger partial charge in [0.1, 0.15) is 0 Å². The molecule has 0 heterocycles. The van der Waals surface area contributed by atoms with E-state index in [2.05, 4.69) is 0 Å². The molecule has 13 heavy (non-hydrogen) atoms. The maximum Gasteiger partial charge on any atom is 0.296 e. The van der Waals surface area contributed by atoms with Crippen LogP contribution in [0.3, 0.4) is 0 Å². The van der Waals surface area contributed by atoms with Crippen molar-refractivity contribution < 1.29 is 18.1 Å². The Bertz CT molecular complexity index is 396. The van der Waals surface area contributed by atoms with Crippen molar-refractivity contribution in [3.8, 4) is 0 Å². The number of rotatable bonds is 2. The Morgan fingerprint density at radius 2 is 1.85 bits per heavy atom. The zero-order chi connectivity index (χ0) is 10.1. The highest BCUT2D eigenvalue weighted by Gasteiger charge is 2.22. The van der Waals surface area contributed by atoms with E-state index >= 15 is 0 Å². The number of hydrogen-bond donors (Lipinski definition) is 2. The lowest BCUT2D eigenvalue weighted by atomic mass is 10.1. The number of aliphatic hydroxyl groups excluding tert-OH is 1. The second kappa shape index (κ2) is 3.45. The lowest BCUT2D eigenvalue weighted by molar-refractivity contribution is 0.237. The van der Waals surface area contributed by atoms with Crippen molar-refractivity contribution in [3.05, 3.63) is 35.4 Å². The topological polar surface area (TPSA) is 74.6 Å². The van der Waals surface area contributed by atoms with Crippen molar-refractivity contribution in [2.45, 2.75) is 12.4 Å². The Balaban J connectivity index is 3.17. The van der Waals surface area contributed by atoms with E-state index in [-0.39, 0.29) is 5.56 Å². The van der Waals surface area contributed by atoms with Crippen LogP contribution in [0.15, 0.2) is 24.3 Å². The standard InChI is InChI=1S/C8H10O4S/c1-6-4-2-3-5-7(6)8(9)13(10,11)12/h2-5,8-9H,1H3,(H,10,11,12). The number of aryl methyl sites for hydroxylation is 1. The summed E-state index contributed by atoms with van der Waals surface area (Å²) in [5, 5.41) is 9.20. The van der Waals surface area contributed by atoms with Crippen LogP contribution in [-0.2, 0) is 10.1 Å². The van der Waals surface area contributed by atoms with Gasteiger partial charge in [-0.2, -0.15) is 8.42 Å². The minimum absolute atomic E-state index is 0.199. The molecular weight excluding hydrogens is 192 g/mol. The molecule has 5 heteroatoms. The molecule has 4 nitrogen and oxygen atoms in total. The summed E-state index contributed by atoms with van der Waals surface area (Å²) in [5.74, 6) is 0. The van der Waals surface area contributed by atoms with Crippen molar-refractivity contribution in [3.63, 3.8) is 0 Å². The van der Waals surface area contributed by atoms with Crippen LogP contribution in [0.5, 0.6) is 0 Å². The third kappa shape index (κ3) is 2.27. The Kier molecular flexibility index (Phi) is 2.70. The normalized spacial score (nSPS) is 14.1. The van der Waals surface area contributed by atoms with E-state index in [4.69, 9.17) is 4.55 Å². The molecule has 2 N–H and O–H groups in total. The van der Waals surface area contributed by atoms with Gasteiger partial charge in [-0.1, -0.05) is 24.3 Å². The molecule has 1 aromatic carbocycles. The van der Waals surface area contributed by atoms with Crippen LogP contribution >= 0.6 is 0 Å². The van der Waals surface area contributed by atoms with Gasteiger partial charge in [0.25, 0.3) is 10.1 Å². The molecule has 0 aromatic heterocycles. The predicted molar refractivity (Wildman–Crippen MR) is 47.7 cm³/mol. The van der Waals surface area contributed by atoms with Crippen molar-refractivity contribution in [2.75, 3.05) is 0 Å². The van der Waals surface area contributed by atoms with E-state index in [1.165, 1.54) is 6.07 Å². The van der Waals surface area contributed by atoms with Gasteiger partial charge in [0, 0.05) is 5.56 Å². The van der Waals surface area contributed by atoms with Gasteiger partial charge in [-0.15, -0.1) is 0 Å². The number of aliphatic hydroxyl groups is 1. The molecule has 0 bridgehead atoms. The molecule has 0 aliphatic rings. The smallest absolute Gasteiger partial charge is 0.296 e. The van der Waals surface area contributed by atoms with Crippen molar-refractivity contribution in [1.82, 2.24) is 0 Å². The first kappa shape index (κ1) is 10.2. The molecule has 0 radical (unpaired) electrons. The SMILES string of the molecule is Cc1ccccc1C(O)S(=O)(=O)O. The van der Waals surface area contributed by atoms with Gasteiger partial charge in [-0.05, 0) is 12.5 Å². The Morgan fingerprint density at radius 1 is 1.31 bits per heavy atom. The average molecular weight is 202 g/mol. The highest BCUT2D eigenvalue weighted by atomic mass is 32.2. The fourth-order valence-electron chi connectivity index (χ4n) is 1.02. The molecule has 0 aliphatic heterocycles. The fraction of sp³-hybridized carbons (Fsp3) is 0.250. The zero-order valence-electron chi connectivity index (χ0n) is 7.01. The minimum Gasteiger partial charge on any atom is -0.371 e. The van der Waals surface area contributed by atoms with E-state index in [9.17, 15) is 13.5 Å². The molecular formula is C8H10O4S. The van der Waals surface area contributed by atoms with Crippen LogP contribution in [0.25, 0.3) is 0 Å². The van der Waals surface area contributed by atoms with E-state index in [1.54, 1.807) is 25.1 Å². The Labute approximate surface area is 76.6 Å². The third-order valence-electron chi connectivity index (χ3n) is 1.74. The second-order valence-corrected chi connectivity index (χ2v) is 4.20. The van der Waals surface area contributed by atoms with Crippen LogP contribution in [0, 0.1) is 6.92 Å². The van der Waals surface area contributed by atoms with Crippen LogP contribution in [0.2, 0.25) is 0 Å². The van der Waals surface area contributed by atoms with Gasteiger partial charge < -0.3 is 5.11 Å². The van der Waals surface area contributed by atoms with Gasteiger partial charge in [0.15, 0.2) is 0 Å². The fourth-order valence-corrected chi connectivity index (χ4v) is 1.61. The van der Waals surface area contributed by atoms with Crippen LogP contribution < -0.4 is 0 Å². The summed E-state index contributed by atoms with van der Waals surface area (Å²) in [7, 11) is -4.42. The van der Waals surface area contributed by atoms with E-state index in [0.29, 0.717) is 5.56 Å². The summed E-state index contributed by atoms with van der Waals surface area (Å²) in [6, 6.07) is 6.42. The maximum absolute atomic E-state index is 10.6. The molecule has 0 saturated heterocycles. The Morgan fingerprint density at radius 3 is 2.31 bits per heavy atom. The van der Waals surface area contributed by atoms with Crippen molar-refractivity contribution in [2.24, 2.45) is 0 Å². The molecule has 0 aliphatic carbocycles. The first-order valence-corrected chi connectivity index (χ1v) is 5.13. The van der Waals surface area contributed by atoms with Crippen LogP contribution in [-0.4, -0.2) is 18.1 Å². The summed E-state index contributed by atoms with van der Waals surface area (Å²) >= 11 is 0. The van der Waals surface area contributed by atoms with Gasteiger partial charge in [-0.3, -0.25) is 4.55 Å². The molecule has 0 saturated carbocycles. The molecule has 0 fully saturated rings. The largest absolute Gasteiger partial charge is 0.371 e. The Hall–Kier alpha value is -0.910. The molecule has 1 unspecified atom stereocenters. The summed E-state index contributed by atoms with van der Waals surface area (Å²) in [6.07, 6.45) is 0. The molecule has 0 amide bonds. The van der Waals surface area contributed by atoms with Crippen LogP contribution in [0.1, 0.15) is 16.6 Å². The lowest BCUT2D eigenvalue weighted by Crippen LogP contribution is -2.12. The quantitative estimate of drug-likeness (QED) is 0.698. The van der Waals surface area contributed by atoms with Gasteiger partial charge in [0.2, 0.25) is 5.44 Å². The molecule has 1 atom stereocenters. The van der Waals surface area contributed by atoms with E-state index in [0.717, 1.165) is 0 Å². The van der Waals surface area contributed by atoms with Gasteiger partial charge >= 0.3 is 0 Å². The number of hydrogen-bond acceptors (Lipinski definition) is 3. The van der Waals surface area contributed by atoms with Crippen molar-refractivity contribution in [1.29, 1.82) is 0 Å². The molecule has 1 rings (SSSR count). The zero-order valence-corrected chi connectivity index (χ0v) is 7.82. The summed E-state index contributed by atoms with van der Waals surface area (Å²) in [5.41, 5.74) is -1.04. The van der Waals surface area contributed by atoms with Crippen LogP contribution in [0.4, 0.5) is 0 Å². The molecule has 1 aromatic rings. The minimum atomic E-state index is -4.42. The first-order chi connectivity index (χ1) is 5.93. The maximum atomic E-state index is 10.6. The number of benzene rings is 1. The first-order valence-electron chi connectivity index (χ1n) is 3.63. The van der Waals surface area contributed by atoms with Gasteiger partial charge in [0.05, 0.1) is 0 Å². The second-order valence-electron chi connectivity index (χ2n) is 2.72. The highest BCUT2D eigenvalue weighted by Crippen LogP contribution is 2.21. The van der Waals surface area contributed by atoms with Gasteiger partial charge in [-0.25, -0.2) is 0 Å². The van der Waals surface area contributed by atoms with Crippen molar-refractivity contribution >= 4 is 10.1 Å².